The predicted octanol–water partition coefficient (Wildman–Crippen LogP) is 3.07. The van der Waals surface area contributed by atoms with E-state index in [9.17, 15) is 0 Å². The highest BCUT2D eigenvalue weighted by molar-refractivity contribution is 5.70. The van der Waals surface area contributed by atoms with Crippen molar-refractivity contribution in [3.8, 4) is 5.75 Å². The van der Waals surface area contributed by atoms with E-state index in [1.807, 2.05) is 18.2 Å². The Bertz CT molecular complexity index is 424. The molecule has 0 aromatic heterocycles. The number of aliphatic hydroxyl groups is 1. The van der Waals surface area contributed by atoms with Crippen molar-refractivity contribution in [2.45, 2.75) is 26.8 Å². The molecule has 0 radical (unpaired) electrons. The van der Waals surface area contributed by atoms with Crippen LogP contribution in [0.15, 0.2) is 24.5 Å². The molecule has 1 aromatic carbocycles. The number of aliphatic hydroxyl groups excluding tert-OH is 1. The van der Waals surface area contributed by atoms with Gasteiger partial charge >= 0.3 is 0 Å². The summed E-state index contributed by atoms with van der Waals surface area (Å²) >= 11 is 0. The fourth-order valence-corrected chi connectivity index (χ4v) is 1.88. The number of rotatable bonds is 4. The minimum Gasteiger partial charge on any atom is -0.513 e. The molecule has 0 saturated heterocycles. The number of fused-ring (bicyclic) bond motifs is 1. The molecule has 3 heteroatoms. The molecule has 0 aliphatic carbocycles. The van der Waals surface area contributed by atoms with Crippen LogP contribution in [0.2, 0.25) is 0 Å². The second-order valence-electron chi connectivity index (χ2n) is 4.75. The minimum atomic E-state index is 0.662. The summed E-state index contributed by atoms with van der Waals surface area (Å²) in [5.41, 5.74) is 3.02. The fourth-order valence-electron chi connectivity index (χ4n) is 1.88. The van der Waals surface area contributed by atoms with Gasteiger partial charge in [0.15, 0.2) is 0 Å². The van der Waals surface area contributed by atoms with Crippen molar-refractivity contribution >= 4 is 5.70 Å². The topological polar surface area (TPSA) is 41.5 Å². The van der Waals surface area contributed by atoms with E-state index < -0.39 is 0 Å². The van der Waals surface area contributed by atoms with Crippen LogP contribution < -0.4 is 10.1 Å². The zero-order valence-corrected chi connectivity index (χ0v) is 10.4. The number of benzene rings is 1. The molecule has 1 aromatic rings. The van der Waals surface area contributed by atoms with Gasteiger partial charge in [-0.3, -0.25) is 0 Å². The Morgan fingerprint density at radius 2 is 2.29 bits per heavy atom. The van der Waals surface area contributed by atoms with Crippen molar-refractivity contribution in [1.82, 2.24) is 5.32 Å². The predicted molar refractivity (Wildman–Crippen MR) is 68.8 cm³/mol. The Hall–Kier alpha value is -1.64. The number of ether oxygens (including phenoxy) is 1. The van der Waals surface area contributed by atoms with Gasteiger partial charge in [-0.15, -0.1) is 0 Å². The molecule has 2 rings (SSSR count). The summed E-state index contributed by atoms with van der Waals surface area (Å²) in [5.74, 6) is 1.57. The van der Waals surface area contributed by atoms with Gasteiger partial charge in [-0.25, -0.2) is 0 Å². The van der Waals surface area contributed by atoms with Gasteiger partial charge in [-0.2, -0.15) is 0 Å². The average molecular weight is 233 g/mol. The number of hydrogen-bond acceptors (Lipinski definition) is 3. The van der Waals surface area contributed by atoms with Gasteiger partial charge < -0.3 is 15.2 Å². The third kappa shape index (κ3) is 2.73. The second-order valence-corrected chi connectivity index (χ2v) is 4.75. The van der Waals surface area contributed by atoms with E-state index in [1.165, 1.54) is 5.56 Å². The summed E-state index contributed by atoms with van der Waals surface area (Å²) in [6.45, 7) is 5.89. The lowest BCUT2D eigenvalue weighted by atomic mass is 10.1. The zero-order valence-electron chi connectivity index (χ0n) is 10.4. The maximum atomic E-state index is 9.03. The molecule has 3 nitrogen and oxygen atoms in total. The molecule has 0 unspecified atom stereocenters. The quantitative estimate of drug-likeness (QED) is 0.785. The van der Waals surface area contributed by atoms with Crippen molar-refractivity contribution in [1.29, 1.82) is 0 Å². The standard InChI is InChI=1S/C14H19NO2/c1-10(2)5-6-17-12-3-4-13-11(7-12)8-15-14(13)9-16/h3-4,7,9-10,15-16H,5-6,8H2,1-2H3. The van der Waals surface area contributed by atoms with Crippen LogP contribution in [0.5, 0.6) is 5.75 Å². The van der Waals surface area contributed by atoms with E-state index in [0.717, 1.165) is 42.8 Å². The zero-order chi connectivity index (χ0) is 12.3. The molecule has 1 aliphatic heterocycles. The molecule has 1 aliphatic rings. The van der Waals surface area contributed by atoms with Crippen LogP contribution in [0.4, 0.5) is 0 Å². The average Bonchev–Trinajstić information content (AvgIpc) is 2.70. The first-order valence-electron chi connectivity index (χ1n) is 6.05. The van der Waals surface area contributed by atoms with E-state index in [2.05, 4.69) is 19.2 Å². The lowest BCUT2D eigenvalue weighted by molar-refractivity contribution is 0.289. The molecule has 92 valence electrons. The van der Waals surface area contributed by atoms with E-state index in [4.69, 9.17) is 9.84 Å². The summed E-state index contributed by atoms with van der Waals surface area (Å²) in [6, 6.07) is 5.98. The SMILES string of the molecule is CC(C)CCOc1ccc2c(c1)CNC2=CO. The Labute approximate surface area is 102 Å². The van der Waals surface area contributed by atoms with E-state index >= 15 is 0 Å². The van der Waals surface area contributed by atoms with Crippen molar-refractivity contribution in [2.75, 3.05) is 6.61 Å². The summed E-state index contributed by atoms with van der Waals surface area (Å²) in [5, 5.41) is 12.2. The van der Waals surface area contributed by atoms with Gasteiger partial charge in [0.1, 0.15) is 12.0 Å². The molecule has 0 saturated carbocycles. The van der Waals surface area contributed by atoms with Crippen LogP contribution in [-0.4, -0.2) is 11.7 Å². The van der Waals surface area contributed by atoms with Gasteiger partial charge in [0.25, 0.3) is 0 Å². The van der Waals surface area contributed by atoms with Crippen LogP contribution in [0.25, 0.3) is 5.70 Å². The third-order valence-electron chi connectivity index (χ3n) is 2.93. The highest BCUT2D eigenvalue weighted by atomic mass is 16.5. The maximum absolute atomic E-state index is 9.03. The monoisotopic (exact) mass is 233 g/mol. The van der Waals surface area contributed by atoms with E-state index in [0.29, 0.717) is 5.92 Å². The third-order valence-corrected chi connectivity index (χ3v) is 2.93. The maximum Gasteiger partial charge on any atom is 0.119 e. The molecule has 0 fully saturated rings. The summed E-state index contributed by atoms with van der Waals surface area (Å²) in [7, 11) is 0. The fraction of sp³-hybridized carbons (Fsp3) is 0.429. The molecule has 17 heavy (non-hydrogen) atoms. The van der Waals surface area contributed by atoms with Gasteiger partial charge in [0.05, 0.1) is 12.3 Å². The Kier molecular flexibility index (Phi) is 3.57. The summed E-state index contributed by atoms with van der Waals surface area (Å²) in [4.78, 5) is 0. The van der Waals surface area contributed by atoms with Gasteiger partial charge in [-0.1, -0.05) is 13.8 Å². The van der Waals surface area contributed by atoms with Crippen LogP contribution in [0.3, 0.4) is 0 Å². The number of nitrogens with one attached hydrogen (secondary N) is 1. The molecule has 0 amide bonds. The lowest BCUT2D eigenvalue weighted by Crippen LogP contribution is -2.01. The molecule has 0 spiro atoms. The minimum absolute atomic E-state index is 0.662. The van der Waals surface area contributed by atoms with Gasteiger partial charge in [0, 0.05) is 12.1 Å². The Balaban J connectivity index is 2.03. The van der Waals surface area contributed by atoms with Crippen LogP contribution in [0.1, 0.15) is 31.4 Å². The smallest absolute Gasteiger partial charge is 0.119 e. The van der Waals surface area contributed by atoms with Crippen molar-refractivity contribution in [2.24, 2.45) is 5.92 Å². The van der Waals surface area contributed by atoms with E-state index in [-0.39, 0.29) is 0 Å². The van der Waals surface area contributed by atoms with Crippen LogP contribution >= 0.6 is 0 Å². The highest BCUT2D eigenvalue weighted by Crippen LogP contribution is 2.27. The number of hydrogen-bond donors (Lipinski definition) is 2. The summed E-state index contributed by atoms with van der Waals surface area (Å²) in [6.07, 6.45) is 2.18. The second kappa shape index (κ2) is 5.13. The first kappa shape index (κ1) is 11.8. The van der Waals surface area contributed by atoms with Crippen molar-refractivity contribution in [3.05, 3.63) is 35.6 Å². The Morgan fingerprint density at radius 3 is 3.00 bits per heavy atom. The molecule has 1 heterocycles. The Morgan fingerprint density at radius 1 is 1.47 bits per heavy atom. The molecular formula is C14H19NO2. The van der Waals surface area contributed by atoms with Crippen molar-refractivity contribution in [3.63, 3.8) is 0 Å². The van der Waals surface area contributed by atoms with Gasteiger partial charge in [0.2, 0.25) is 0 Å². The highest BCUT2D eigenvalue weighted by Gasteiger charge is 2.15. The lowest BCUT2D eigenvalue weighted by Gasteiger charge is -2.09. The van der Waals surface area contributed by atoms with Crippen LogP contribution in [0, 0.1) is 5.92 Å². The molecular weight excluding hydrogens is 214 g/mol. The largest absolute Gasteiger partial charge is 0.513 e. The summed E-state index contributed by atoms with van der Waals surface area (Å²) < 4.78 is 5.70. The normalized spacial score (nSPS) is 16.1. The van der Waals surface area contributed by atoms with Crippen LogP contribution in [-0.2, 0) is 6.54 Å². The van der Waals surface area contributed by atoms with Gasteiger partial charge in [-0.05, 0) is 36.1 Å². The molecule has 0 bridgehead atoms. The van der Waals surface area contributed by atoms with Crippen molar-refractivity contribution < 1.29 is 9.84 Å². The van der Waals surface area contributed by atoms with E-state index in [1.54, 1.807) is 0 Å². The molecule has 2 N–H and O–H groups in total. The first-order valence-corrected chi connectivity index (χ1v) is 6.05. The molecule has 0 atom stereocenters. The first-order chi connectivity index (χ1) is 8.20.